The first-order valence-corrected chi connectivity index (χ1v) is 8.91. The van der Waals surface area contributed by atoms with E-state index in [1.165, 1.54) is 0 Å². The van der Waals surface area contributed by atoms with Gasteiger partial charge >= 0.3 is 0 Å². The molecule has 2 heterocycles. The van der Waals surface area contributed by atoms with Crippen molar-refractivity contribution in [1.82, 2.24) is 14.6 Å². The number of nitrogens with two attached hydrogens (primary N) is 1. The summed E-state index contributed by atoms with van der Waals surface area (Å²) in [5, 5.41) is 0. The summed E-state index contributed by atoms with van der Waals surface area (Å²) in [5.41, 5.74) is 5.96. The van der Waals surface area contributed by atoms with Gasteiger partial charge in [0.25, 0.3) is 0 Å². The van der Waals surface area contributed by atoms with Crippen LogP contribution in [0.5, 0.6) is 0 Å². The largest absolute Gasteiger partial charge is 0.325 e. The molecule has 1 aliphatic rings. The normalized spacial score (nSPS) is 18.0. The Morgan fingerprint density at radius 1 is 1.43 bits per heavy atom. The predicted molar refractivity (Wildman–Crippen MR) is 82.2 cm³/mol. The fourth-order valence-corrected chi connectivity index (χ4v) is 3.95. The van der Waals surface area contributed by atoms with Crippen LogP contribution in [0, 0.1) is 5.92 Å². The number of rotatable bonds is 6. The van der Waals surface area contributed by atoms with Gasteiger partial charge in [0.15, 0.2) is 0 Å². The lowest BCUT2D eigenvalue weighted by atomic mass is 9.97. The van der Waals surface area contributed by atoms with E-state index in [2.05, 4.69) is 21.5 Å². The average Bonchev–Trinajstić information content (AvgIpc) is 2.53. The van der Waals surface area contributed by atoms with Crippen molar-refractivity contribution in [2.45, 2.75) is 31.2 Å². The molecule has 1 aromatic rings. The number of piperidine rings is 1. The second kappa shape index (κ2) is 7.31. The highest BCUT2D eigenvalue weighted by Gasteiger charge is 2.22. The zero-order chi connectivity index (χ0) is 15.3. The highest BCUT2D eigenvalue weighted by molar-refractivity contribution is 7.89. The Balaban J connectivity index is 1.96. The van der Waals surface area contributed by atoms with Gasteiger partial charge in [0.1, 0.15) is 4.90 Å². The van der Waals surface area contributed by atoms with Crippen LogP contribution in [-0.2, 0) is 16.6 Å². The van der Waals surface area contributed by atoms with Crippen molar-refractivity contribution in [3.63, 3.8) is 0 Å². The SMILES string of the molecule is CCN1CCC(CNS(=O)(=O)c2cccnc2CN)CC1. The number of aromatic nitrogens is 1. The van der Waals surface area contributed by atoms with Gasteiger partial charge in [0, 0.05) is 19.3 Å². The molecular formula is C14H24N4O2S. The minimum Gasteiger partial charge on any atom is -0.325 e. The summed E-state index contributed by atoms with van der Waals surface area (Å²) in [4.78, 5) is 6.61. The molecule has 0 spiro atoms. The molecule has 0 aromatic carbocycles. The van der Waals surface area contributed by atoms with Crippen molar-refractivity contribution in [2.75, 3.05) is 26.2 Å². The summed E-state index contributed by atoms with van der Waals surface area (Å²) in [6.45, 7) is 5.91. The zero-order valence-corrected chi connectivity index (χ0v) is 13.3. The molecule has 1 saturated heterocycles. The molecule has 1 aromatic heterocycles. The molecule has 2 rings (SSSR count). The molecule has 6 nitrogen and oxygen atoms in total. The quantitative estimate of drug-likeness (QED) is 0.801. The first kappa shape index (κ1) is 16.4. The van der Waals surface area contributed by atoms with E-state index < -0.39 is 10.0 Å². The summed E-state index contributed by atoms with van der Waals surface area (Å²) < 4.78 is 27.4. The molecule has 0 saturated carbocycles. The smallest absolute Gasteiger partial charge is 0.242 e. The van der Waals surface area contributed by atoms with E-state index >= 15 is 0 Å². The highest BCUT2D eigenvalue weighted by atomic mass is 32.2. The minimum absolute atomic E-state index is 0.117. The summed E-state index contributed by atoms with van der Waals surface area (Å²) in [6.07, 6.45) is 3.63. The molecule has 0 atom stereocenters. The van der Waals surface area contributed by atoms with E-state index in [0.29, 0.717) is 18.2 Å². The van der Waals surface area contributed by atoms with Gasteiger partial charge < -0.3 is 10.6 Å². The molecule has 7 heteroatoms. The lowest BCUT2D eigenvalue weighted by Gasteiger charge is -2.31. The van der Waals surface area contributed by atoms with E-state index in [9.17, 15) is 8.42 Å². The molecular weight excluding hydrogens is 288 g/mol. The molecule has 0 bridgehead atoms. The van der Waals surface area contributed by atoms with Crippen LogP contribution in [-0.4, -0.2) is 44.5 Å². The van der Waals surface area contributed by atoms with Gasteiger partial charge in [-0.25, -0.2) is 13.1 Å². The van der Waals surface area contributed by atoms with E-state index in [1.54, 1.807) is 18.3 Å². The zero-order valence-electron chi connectivity index (χ0n) is 12.5. The summed E-state index contributed by atoms with van der Waals surface area (Å²) in [5.74, 6) is 0.403. The topological polar surface area (TPSA) is 88.3 Å². The predicted octanol–water partition coefficient (Wildman–Crippen LogP) is 0.551. The highest BCUT2D eigenvalue weighted by Crippen LogP contribution is 2.18. The Kier molecular flexibility index (Phi) is 5.69. The number of nitrogens with zero attached hydrogens (tertiary/aromatic N) is 2. The third-order valence-electron chi connectivity index (χ3n) is 4.05. The second-order valence-electron chi connectivity index (χ2n) is 5.38. The third kappa shape index (κ3) is 4.23. The first-order valence-electron chi connectivity index (χ1n) is 7.42. The molecule has 0 unspecified atom stereocenters. The van der Waals surface area contributed by atoms with Crippen molar-refractivity contribution in [1.29, 1.82) is 0 Å². The first-order chi connectivity index (χ1) is 10.1. The van der Waals surface area contributed by atoms with Gasteiger partial charge in [-0.15, -0.1) is 0 Å². The van der Waals surface area contributed by atoms with Crippen LogP contribution >= 0.6 is 0 Å². The number of hydrogen-bond donors (Lipinski definition) is 2. The Hall–Kier alpha value is -1.02. The Bertz CT molecular complexity index is 554. The number of nitrogens with one attached hydrogen (secondary N) is 1. The van der Waals surface area contributed by atoms with E-state index in [0.717, 1.165) is 32.5 Å². The average molecular weight is 312 g/mol. The standard InChI is InChI=1S/C14H24N4O2S/c1-2-18-8-5-12(6-9-18)11-17-21(19,20)14-4-3-7-16-13(14)10-15/h3-4,7,12,17H,2,5-6,8-11,15H2,1H3. The van der Waals surface area contributed by atoms with Gasteiger partial charge in [-0.2, -0.15) is 0 Å². The molecule has 118 valence electrons. The fourth-order valence-electron chi connectivity index (χ4n) is 2.63. The molecule has 0 radical (unpaired) electrons. The molecule has 0 amide bonds. The van der Waals surface area contributed by atoms with Gasteiger partial charge in [-0.1, -0.05) is 6.92 Å². The van der Waals surface area contributed by atoms with Crippen LogP contribution < -0.4 is 10.5 Å². The Morgan fingerprint density at radius 3 is 2.76 bits per heavy atom. The van der Waals surface area contributed by atoms with E-state index in [4.69, 9.17) is 5.73 Å². The van der Waals surface area contributed by atoms with Gasteiger partial charge in [0.05, 0.1) is 5.69 Å². The van der Waals surface area contributed by atoms with Gasteiger partial charge in [-0.05, 0) is 50.5 Å². The van der Waals surface area contributed by atoms with Gasteiger partial charge in [-0.3, -0.25) is 4.98 Å². The van der Waals surface area contributed by atoms with Crippen LogP contribution in [0.15, 0.2) is 23.2 Å². The maximum absolute atomic E-state index is 12.4. The van der Waals surface area contributed by atoms with Crippen molar-refractivity contribution in [2.24, 2.45) is 11.7 Å². The molecule has 1 fully saturated rings. The van der Waals surface area contributed by atoms with Crippen molar-refractivity contribution in [3.8, 4) is 0 Å². The van der Waals surface area contributed by atoms with Crippen LogP contribution in [0.1, 0.15) is 25.5 Å². The molecule has 1 aliphatic heterocycles. The number of hydrogen-bond acceptors (Lipinski definition) is 5. The second-order valence-corrected chi connectivity index (χ2v) is 7.12. The Morgan fingerprint density at radius 2 is 2.14 bits per heavy atom. The van der Waals surface area contributed by atoms with Crippen LogP contribution in [0.3, 0.4) is 0 Å². The number of likely N-dealkylation sites (tertiary alicyclic amines) is 1. The minimum atomic E-state index is -3.53. The molecule has 3 N–H and O–H groups in total. The summed E-state index contributed by atoms with van der Waals surface area (Å²) >= 11 is 0. The van der Waals surface area contributed by atoms with Crippen LogP contribution in [0.4, 0.5) is 0 Å². The van der Waals surface area contributed by atoms with Crippen LogP contribution in [0.2, 0.25) is 0 Å². The van der Waals surface area contributed by atoms with Crippen molar-refractivity contribution >= 4 is 10.0 Å². The summed E-state index contributed by atoms with van der Waals surface area (Å²) in [6, 6.07) is 3.17. The number of sulfonamides is 1. The lowest BCUT2D eigenvalue weighted by molar-refractivity contribution is 0.193. The summed E-state index contributed by atoms with van der Waals surface area (Å²) in [7, 11) is -3.53. The van der Waals surface area contributed by atoms with Crippen molar-refractivity contribution < 1.29 is 8.42 Å². The van der Waals surface area contributed by atoms with E-state index in [-0.39, 0.29) is 11.4 Å². The van der Waals surface area contributed by atoms with Crippen LogP contribution in [0.25, 0.3) is 0 Å². The maximum atomic E-state index is 12.4. The van der Waals surface area contributed by atoms with Crippen molar-refractivity contribution in [3.05, 3.63) is 24.0 Å². The Labute approximate surface area is 126 Å². The number of pyridine rings is 1. The lowest BCUT2D eigenvalue weighted by Crippen LogP contribution is -2.38. The fraction of sp³-hybridized carbons (Fsp3) is 0.643. The van der Waals surface area contributed by atoms with E-state index in [1.807, 2.05) is 0 Å². The molecule has 0 aliphatic carbocycles. The third-order valence-corrected chi connectivity index (χ3v) is 5.55. The van der Waals surface area contributed by atoms with Gasteiger partial charge in [0.2, 0.25) is 10.0 Å². The monoisotopic (exact) mass is 312 g/mol. The maximum Gasteiger partial charge on any atom is 0.242 e. The molecule has 21 heavy (non-hydrogen) atoms.